The number of amides is 1. The number of fused-ring (bicyclic) bond motifs is 1. The van der Waals surface area contributed by atoms with Gasteiger partial charge in [0.25, 0.3) is 0 Å². The van der Waals surface area contributed by atoms with Gasteiger partial charge < -0.3 is 14.4 Å². The van der Waals surface area contributed by atoms with Gasteiger partial charge in [0, 0.05) is 25.9 Å². The zero-order valence-electron chi connectivity index (χ0n) is 13.7. The summed E-state index contributed by atoms with van der Waals surface area (Å²) in [7, 11) is 0. The summed E-state index contributed by atoms with van der Waals surface area (Å²) in [6.45, 7) is 5.58. The van der Waals surface area contributed by atoms with E-state index in [9.17, 15) is 9.59 Å². The molecule has 0 radical (unpaired) electrons. The van der Waals surface area contributed by atoms with Crippen molar-refractivity contribution in [3.8, 4) is 5.75 Å². The Bertz CT molecular complexity index is 603. The fraction of sp³-hybridized carbons (Fsp3) is 0.556. The Morgan fingerprint density at radius 1 is 1.30 bits per heavy atom. The van der Waals surface area contributed by atoms with Crippen molar-refractivity contribution < 1.29 is 19.1 Å². The van der Waals surface area contributed by atoms with E-state index in [-0.39, 0.29) is 11.9 Å². The molecule has 2 aliphatic rings. The highest BCUT2D eigenvalue weighted by molar-refractivity contribution is 6.00. The van der Waals surface area contributed by atoms with Crippen LogP contribution in [-0.4, -0.2) is 42.1 Å². The zero-order chi connectivity index (χ0) is 16.4. The number of rotatable bonds is 2. The van der Waals surface area contributed by atoms with E-state index in [2.05, 4.69) is 0 Å². The van der Waals surface area contributed by atoms with E-state index < -0.39 is 5.60 Å². The molecule has 5 nitrogen and oxygen atoms in total. The number of benzene rings is 1. The first kappa shape index (κ1) is 15.8. The molecular formula is C18H23NO4. The van der Waals surface area contributed by atoms with Gasteiger partial charge in [0.15, 0.2) is 5.78 Å². The summed E-state index contributed by atoms with van der Waals surface area (Å²) in [5.74, 6) is 1.12. The Balaban J connectivity index is 1.63. The van der Waals surface area contributed by atoms with Gasteiger partial charge in [-0.25, -0.2) is 4.79 Å². The lowest BCUT2D eigenvalue weighted by Gasteiger charge is -2.43. The second-order valence-electron chi connectivity index (χ2n) is 6.84. The van der Waals surface area contributed by atoms with E-state index in [0.717, 1.165) is 0 Å². The van der Waals surface area contributed by atoms with Crippen molar-refractivity contribution in [2.24, 2.45) is 5.92 Å². The summed E-state index contributed by atoms with van der Waals surface area (Å²) in [6.07, 6.45) is 1.43. The lowest BCUT2D eigenvalue weighted by Crippen LogP contribution is -2.52. The predicted octanol–water partition coefficient (Wildman–Crippen LogP) is 3.28. The van der Waals surface area contributed by atoms with Crippen LogP contribution in [0.15, 0.2) is 24.3 Å². The lowest BCUT2D eigenvalue weighted by molar-refractivity contribution is -0.0100. The van der Waals surface area contributed by atoms with Crippen molar-refractivity contribution in [3.63, 3.8) is 0 Å². The Kier molecular flexibility index (Phi) is 4.28. The number of carbonyl (C=O) groups is 2. The quantitative estimate of drug-likeness (QED) is 0.840. The Morgan fingerprint density at radius 3 is 2.70 bits per heavy atom. The van der Waals surface area contributed by atoms with Crippen molar-refractivity contribution in [2.75, 3.05) is 19.7 Å². The number of ketones is 1. The zero-order valence-corrected chi connectivity index (χ0v) is 13.7. The van der Waals surface area contributed by atoms with Crippen LogP contribution in [-0.2, 0) is 4.74 Å². The second-order valence-corrected chi connectivity index (χ2v) is 6.84. The number of hydrogen-bond acceptors (Lipinski definition) is 4. The molecule has 3 rings (SSSR count). The average molecular weight is 317 g/mol. The molecule has 1 saturated heterocycles. The van der Waals surface area contributed by atoms with Gasteiger partial charge in [-0.1, -0.05) is 26.0 Å². The smallest absolute Gasteiger partial charge is 0.409 e. The number of carbonyl (C=O) groups excluding carboxylic acids is 2. The number of hydrogen-bond donors (Lipinski definition) is 0. The summed E-state index contributed by atoms with van der Waals surface area (Å²) in [5.41, 5.74) is 0.192. The van der Waals surface area contributed by atoms with Gasteiger partial charge in [0.05, 0.1) is 18.6 Å². The third kappa shape index (κ3) is 3.33. The molecule has 0 atom stereocenters. The minimum Gasteiger partial charge on any atom is -0.486 e. The molecule has 0 aliphatic carbocycles. The van der Waals surface area contributed by atoms with Crippen molar-refractivity contribution in [1.82, 2.24) is 4.90 Å². The van der Waals surface area contributed by atoms with Crippen LogP contribution in [0.3, 0.4) is 0 Å². The second kappa shape index (κ2) is 6.22. The molecule has 2 aliphatic heterocycles. The molecule has 124 valence electrons. The van der Waals surface area contributed by atoms with Crippen molar-refractivity contribution in [3.05, 3.63) is 29.8 Å². The molecule has 2 heterocycles. The number of para-hydroxylation sites is 1. The van der Waals surface area contributed by atoms with Crippen LogP contribution in [0, 0.1) is 5.92 Å². The molecule has 0 saturated carbocycles. The fourth-order valence-corrected chi connectivity index (χ4v) is 3.15. The highest BCUT2D eigenvalue weighted by Gasteiger charge is 2.43. The van der Waals surface area contributed by atoms with Crippen LogP contribution < -0.4 is 4.74 Å². The number of nitrogens with zero attached hydrogens (tertiary/aromatic N) is 1. The highest BCUT2D eigenvalue weighted by atomic mass is 16.6. The summed E-state index contributed by atoms with van der Waals surface area (Å²) in [4.78, 5) is 26.1. The predicted molar refractivity (Wildman–Crippen MR) is 85.7 cm³/mol. The Hall–Kier alpha value is -2.04. The normalized spacial score (nSPS) is 19.4. The molecule has 23 heavy (non-hydrogen) atoms. The van der Waals surface area contributed by atoms with Crippen LogP contribution in [0.4, 0.5) is 4.79 Å². The Labute approximate surface area is 136 Å². The first-order valence-corrected chi connectivity index (χ1v) is 8.22. The molecule has 0 unspecified atom stereocenters. The number of piperidine rings is 1. The summed E-state index contributed by atoms with van der Waals surface area (Å²) in [5, 5.41) is 0. The van der Waals surface area contributed by atoms with Gasteiger partial charge >= 0.3 is 6.09 Å². The van der Waals surface area contributed by atoms with Gasteiger partial charge in [0.1, 0.15) is 11.4 Å². The van der Waals surface area contributed by atoms with Crippen LogP contribution in [0.5, 0.6) is 5.75 Å². The fourth-order valence-electron chi connectivity index (χ4n) is 3.15. The topological polar surface area (TPSA) is 55.8 Å². The van der Waals surface area contributed by atoms with Gasteiger partial charge in [0.2, 0.25) is 0 Å². The maximum Gasteiger partial charge on any atom is 0.409 e. The van der Waals surface area contributed by atoms with E-state index in [4.69, 9.17) is 9.47 Å². The molecule has 1 aromatic rings. The molecule has 5 heteroatoms. The first-order chi connectivity index (χ1) is 11.0. The molecule has 0 N–H and O–H groups in total. The van der Waals surface area contributed by atoms with Crippen LogP contribution in [0.2, 0.25) is 0 Å². The molecular weight excluding hydrogens is 294 g/mol. The maximum atomic E-state index is 12.4. The maximum absolute atomic E-state index is 12.4. The number of likely N-dealkylation sites (tertiary alicyclic amines) is 1. The van der Waals surface area contributed by atoms with Crippen molar-refractivity contribution in [2.45, 2.75) is 38.7 Å². The first-order valence-electron chi connectivity index (χ1n) is 8.22. The van der Waals surface area contributed by atoms with Crippen molar-refractivity contribution >= 4 is 11.9 Å². The Morgan fingerprint density at radius 2 is 2.00 bits per heavy atom. The molecule has 0 aromatic heterocycles. The van der Waals surface area contributed by atoms with E-state index in [0.29, 0.717) is 56.2 Å². The lowest BCUT2D eigenvalue weighted by atomic mass is 9.82. The summed E-state index contributed by atoms with van der Waals surface area (Å²) < 4.78 is 11.4. The van der Waals surface area contributed by atoms with Crippen molar-refractivity contribution in [1.29, 1.82) is 0 Å². The van der Waals surface area contributed by atoms with Gasteiger partial charge in [-0.05, 0) is 18.1 Å². The molecule has 1 amide bonds. The third-order valence-corrected chi connectivity index (χ3v) is 4.47. The summed E-state index contributed by atoms with van der Waals surface area (Å²) in [6, 6.07) is 7.38. The number of ether oxygens (including phenoxy) is 2. The summed E-state index contributed by atoms with van der Waals surface area (Å²) >= 11 is 0. The minimum atomic E-state index is -0.472. The van der Waals surface area contributed by atoms with Gasteiger partial charge in [-0.2, -0.15) is 0 Å². The standard InChI is InChI=1S/C18H23NO4/c1-13(2)12-22-17(21)19-9-7-18(8-10-19)11-15(20)14-5-3-4-6-16(14)23-18/h3-6,13H,7-12H2,1-2H3. The molecule has 0 bridgehead atoms. The van der Waals surface area contributed by atoms with E-state index >= 15 is 0 Å². The minimum absolute atomic E-state index is 0.127. The highest BCUT2D eigenvalue weighted by Crippen LogP contribution is 2.39. The van der Waals surface area contributed by atoms with Crippen LogP contribution in [0.25, 0.3) is 0 Å². The van der Waals surface area contributed by atoms with Gasteiger partial charge in [-0.15, -0.1) is 0 Å². The molecule has 1 spiro atoms. The largest absolute Gasteiger partial charge is 0.486 e. The average Bonchev–Trinajstić information content (AvgIpc) is 2.53. The van der Waals surface area contributed by atoms with Crippen LogP contribution in [0.1, 0.15) is 43.5 Å². The molecule has 1 fully saturated rings. The number of Topliss-reactive ketones (excluding diaryl/α,β-unsaturated/α-hetero) is 1. The molecule has 1 aromatic carbocycles. The third-order valence-electron chi connectivity index (χ3n) is 4.47. The van der Waals surface area contributed by atoms with E-state index in [1.807, 2.05) is 38.1 Å². The van der Waals surface area contributed by atoms with E-state index in [1.54, 1.807) is 4.90 Å². The SMILES string of the molecule is CC(C)COC(=O)N1CCC2(CC1)CC(=O)c1ccccc1O2. The van der Waals surface area contributed by atoms with Crippen LogP contribution >= 0.6 is 0 Å². The van der Waals surface area contributed by atoms with E-state index in [1.165, 1.54) is 0 Å². The van der Waals surface area contributed by atoms with Gasteiger partial charge in [-0.3, -0.25) is 4.79 Å². The monoisotopic (exact) mass is 317 g/mol.